The average Bonchev–Trinajstić information content (AvgIpc) is 2.15. The van der Waals surface area contributed by atoms with E-state index in [-0.39, 0.29) is 0 Å². The predicted molar refractivity (Wildman–Crippen MR) is 69.1 cm³/mol. The molecule has 1 nitrogen and oxygen atoms in total. The second-order valence-corrected chi connectivity index (χ2v) is 4.95. The molecular formula is C13H19BrO. The molecule has 0 aliphatic carbocycles. The zero-order valence-electron chi connectivity index (χ0n) is 9.93. The molecule has 15 heavy (non-hydrogen) atoms. The summed E-state index contributed by atoms with van der Waals surface area (Å²) in [5.74, 6) is 1.60. The number of alkyl halides is 1. The second-order valence-electron chi connectivity index (χ2n) is 4.30. The molecule has 0 bridgehead atoms. The highest BCUT2D eigenvalue weighted by atomic mass is 79.9. The van der Waals surface area contributed by atoms with Gasteiger partial charge in [0.05, 0.1) is 6.61 Å². The van der Waals surface area contributed by atoms with E-state index >= 15 is 0 Å². The van der Waals surface area contributed by atoms with Gasteiger partial charge in [-0.05, 0) is 37.8 Å². The summed E-state index contributed by atoms with van der Waals surface area (Å²) >= 11 is 3.46. The van der Waals surface area contributed by atoms with Crippen molar-refractivity contribution in [2.24, 2.45) is 5.92 Å². The highest BCUT2D eigenvalue weighted by Crippen LogP contribution is 2.25. The third-order valence-corrected chi connectivity index (χ3v) is 3.49. The van der Waals surface area contributed by atoms with Gasteiger partial charge in [-0.3, -0.25) is 0 Å². The summed E-state index contributed by atoms with van der Waals surface area (Å²) in [5, 5.41) is 0.983. The maximum atomic E-state index is 5.85. The number of benzene rings is 1. The van der Waals surface area contributed by atoms with Crippen LogP contribution in [0.1, 0.15) is 23.6 Å². The Labute approximate surface area is 101 Å². The Hall–Kier alpha value is -0.500. The van der Waals surface area contributed by atoms with Crippen molar-refractivity contribution in [3.8, 4) is 5.75 Å². The molecule has 1 aromatic rings. The molecule has 1 aromatic carbocycles. The minimum absolute atomic E-state index is 0.546. The quantitative estimate of drug-likeness (QED) is 0.751. The zero-order chi connectivity index (χ0) is 11.4. The van der Waals surface area contributed by atoms with Crippen molar-refractivity contribution in [2.75, 3.05) is 11.9 Å². The molecule has 1 rings (SSSR count). The van der Waals surface area contributed by atoms with Crippen LogP contribution in [0.2, 0.25) is 0 Å². The summed E-state index contributed by atoms with van der Waals surface area (Å²) in [7, 11) is 0. The molecule has 0 aliphatic rings. The largest absolute Gasteiger partial charge is 0.493 e. The summed E-state index contributed by atoms with van der Waals surface area (Å²) in [4.78, 5) is 0. The molecule has 0 fully saturated rings. The summed E-state index contributed by atoms with van der Waals surface area (Å²) in [6.07, 6.45) is 0. The highest BCUT2D eigenvalue weighted by Gasteiger charge is 2.07. The van der Waals surface area contributed by atoms with E-state index in [0.717, 1.165) is 17.7 Å². The van der Waals surface area contributed by atoms with Crippen LogP contribution >= 0.6 is 15.9 Å². The van der Waals surface area contributed by atoms with Crippen LogP contribution in [0.25, 0.3) is 0 Å². The fraction of sp³-hybridized carbons (Fsp3) is 0.538. The standard InChI is InChI=1S/C13H19BrO/c1-9-5-11(3)13(12(4)6-9)15-8-10(2)7-14/h5-6,10H,7-8H2,1-4H3. The van der Waals surface area contributed by atoms with Crippen molar-refractivity contribution in [2.45, 2.75) is 27.7 Å². The smallest absolute Gasteiger partial charge is 0.125 e. The Balaban J connectivity index is 2.77. The number of rotatable bonds is 4. The van der Waals surface area contributed by atoms with E-state index in [4.69, 9.17) is 4.74 Å². The second kappa shape index (κ2) is 5.55. The van der Waals surface area contributed by atoms with Crippen LogP contribution in [0.4, 0.5) is 0 Å². The highest BCUT2D eigenvalue weighted by molar-refractivity contribution is 9.09. The van der Waals surface area contributed by atoms with Gasteiger partial charge in [-0.1, -0.05) is 40.5 Å². The van der Waals surface area contributed by atoms with Crippen LogP contribution in [0.15, 0.2) is 12.1 Å². The minimum atomic E-state index is 0.546. The van der Waals surface area contributed by atoms with E-state index in [9.17, 15) is 0 Å². The molecule has 84 valence electrons. The number of aryl methyl sites for hydroxylation is 3. The van der Waals surface area contributed by atoms with Gasteiger partial charge in [0.25, 0.3) is 0 Å². The molecule has 0 amide bonds. The molecule has 0 aromatic heterocycles. The SMILES string of the molecule is Cc1cc(C)c(OCC(C)CBr)c(C)c1. The summed E-state index contributed by atoms with van der Waals surface area (Å²) in [6, 6.07) is 4.34. The molecule has 0 spiro atoms. The van der Waals surface area contributed by atoms with Crippen molar-refractivity contribution in [3.05, 3.63) is 28.8 Å². The van der Waals surface area contributed by atoms with Gasteiger partial charge in [0.2, 0.25) is 0 Å². The Morgan fingerprint density at radius 3 is 2.20 bits per heavy atom. The number of hydrogen-bond donors (Lipinski definition) is 0. The maximum Gasteiger partial charge on any atom is 0.125 e. The fourth-order valence-electron chi connectivity index (χ4n) is 1.66. The first-order valence-electron chi connectivity index (χ1n) is 5.31. The van der Waals surface area contributed by atoms with E-state index < -0.39 is 0 Å². The molecule has 1 atom stereocenters. The zero-order valence-corrected chi connectivity index (χ0v) is 11.5. The molecule has 0 radical (unpaired) electrons. The van der Waals surface area contributed by atoms with E-state index in [1.165, 1.54) is 16.7 Å². The van der Waals surface area contributed by atoms with Crippen molar-refractivity contribution in [3.63, 3.8) is 0 Å². The normalized spacial score (nSPS) is 12.6. The Bertz CT molecular complexity index is 310. The lowest BCUT2D eigenvalue weighted by atomic mass is 10.1. The van der Waals surface area contributed by atoms with E-state index in [2.05, 4.69) is 55.8 Å². The Morgan fingerprint density at radius 1 is 1.20 bits per heavy atom. The van der Waals surface area contributed by atoms with Gasteiger partial charge in [-0.2, -0.15) is 0 Å². The first-order valence-corrected chi connectivity index (χ1v) is 6.43. The van der Waals surface area contributed by atoms with Crippen LogP contribution < -0.4 is 4.74 Å². The molecule has 1 unspecified atom stereocenters. The average molecular weight is 271 g/mol. The molecule has 2 heteroatoms. The topological polar surface area (TPSA) is 9.23 Å². The lowest BCUT2D eigenvalue weighted by molar-refractivity contribution is 0.271. The van der Waals surface area contributed by atoms with Gasteiger partial charge in [0.15, 0.2) is 0 Å². The summed E-state index contributed by atoms with van der Waals surface area (Å²) in [5.41, 5.74) is 3.76. The van der Waals surface area contributed by atoms with Crippen molar-refractivity contribution >= 4 is 15.9 Å². The lowest BCUT2D eigenvalue weighted by Crippen LogP contribution is -2.10. The van der Waals surface area contributed by atoms with Crippen molar-refractivity contribution in [1.82, 2.24) is 0 Å². The molecule has 0 aliphatic heterocycles. The minimum Gasteiger partial charge on any atom is -0.493 e. The number of halogens is 1. The first-order chi connectivity index (χ1) is 7.04. The Kier molecular flexibility index (Phi) is 4.65. The van der Waals surface area contributed by atoms with Gasteiger partial charge in [-0.15, -0.1) is 0 Å². The van der Waals surface area contributed by atoms with Gasteiger partial charge in [0.1, 0.15) is 5.75 Å². The van der Waals surface area contributed by atoms with Crippen molar-refractivity contribution < 1.29 is 4.74 Å². The number of hydrogen-bond acceptors (Lipinski definition) is 1. The third kappa shape index (κ3) is 3.53. The summed E-state index contributed by atoms with van der Waals surface area (Å²) < 4.78 is 5.85. The van der Waals surface area contributed by atoms with Gasteiger partial charge >= 0.3 is 0 Å². The van der Waals surface area contributed by atoms with Gasteiger partial charge < -0.3 is 4.74 Å². The van der Waals surface area contributed by atoms with Gasteiger partial charge in [0, 0.05) is 5.33 Å². The van der Waals surface area contributed by atoms with Crippen molar-refractivity contribution in [1.29, 1.82) is 0 Å². The summed E-state index contributed by atoms with van der Waals surface area (Å²) in [6.45, 7) is 9.27. The van der Waals surface area contributed by atoms with E-state index in [1.54, 1.807) is 0 Å². The molecule has 0 saturated carbocycles. The van der Waals surface area contributed by atoms with Gasteiger partial charge in [-0.25, -0.2) is 0 Å². The maximum absolute atomic E-state index is 5.85. The van der Waals surface area contributed by atoms with Crippen LogP contribution in [-0.4, -0.2) is 11.9 Å². The fourth-order valence-corrected chi connectivity index (χ4v) is 1.85. The first kappa shape index (κ1) is 12.6. The van der Waals surface area contributed by atoms with E-state index in [1.807, 2.05) is 0 Å². The lowest BCUT2D eigenvalue weighted by Gasteiger charge is -2.15. The van der Waals surface area contributed by atoms with Crippen LogP contribution in [0, 0.1) is 26.7 Å². The molecule has 0 N–H and O–H groups in total. The molecule has 0 saturated heterocycles. The van der Waals surface area contributed by atoms with Crippen LogP contribution in [0.5, 0.6) is 5.75 Å². The van der Waals surface area contributed by atoms with Crippen LogP contribution in [-0.2, 0) is 0 Å². The van der Waals surface area contributed by atoms with E-state index in [0.29, 0.717) is 5.92 Å². The molecular weight excluding hydrogens is 252 g/mol. The third-order valence-electron chi connectivity index (χ3n) is 2.38. The monoisotopic (exact) mass is 270 g/mol. The number of ether oxygens (including phenoxy) is 1. The molecule has 0 heterocycles. The Morgan fingerprint density at radius 2 is 1.73 bits per heavy atom. The van der Waals surface area contributed by atoms with Crippen LogP contribution in [0.3, 0.4) is 0 Å². The predicted octanol–water partition coefficient (Wildman–Crippen LogP) is 4.02.